The largest absolute Gasteiger partial charge is 0.416 e. The molecule has 0 radical (unpaired) electrons. The van der Waals surface area contributed by atoms with Crippen LogP contribution >= 0.6 is 0 Å². The monoisotopic (exact) mass is 515 g/mol. The topological polar surface area (TPSA) is 191 Å². The molecule has 1 aromatic carbocycles. The quantitative estimate of drug-likeness (QED) is 0.284. The maximum atomic E-state index is 12.7. The van der Waals surface area contributed by atoms with Crippen LogP contribution < -0.4 is 16.2 Å². The molecule has 2 aromatic heterocycles. The first-order valence-electron chi connectivity index (χ1n) is 9.96. The number of hydrogen-bond acceptors (Lipinski definition) is 10. The number of aromatic nitrogens is 4. The van der Waals surface area contributed by atoms with Gasteiger partial charge in [0.25, 0.3) is 0 Å². The molecular formula is C19H20F3N7O5S. The Kier molecular flexibility index (Phi) is 6.41. The number of halogens is 3. The highest BCUT2D eigenvalue weighted by atomic mass is 32.2. The zero-order chi connectivity index (χ0) is 25.5. The summed E-state index contributed by atoms with van der Waals surface area (Å²) in [6, 6.07) is 2.52. The maximum absolute atomic E-state index is 12.7. The van der Waals surface area contributed by atoms with Gasteiger partial charge in [0.2, 0.25) is 10.0 Å². The number of nitrogens with one attached hydrogen (secondary N) is 1. The highest BCUT2D eigenvalue weighted by molar-refractivity contribution is 7.92. The number of aliphatic hydroxyl groups is 2. The van der Waals surface area contributed by atoms with Crippen molar-refractivity contribution in [3.63, 3.8) is 0 Å². The summed E-state index contributed by atoms with van der Waals surface area (Å²) in [5, 5.41) is 21.5. The third-order valence-corrected chi connectivity index (χ3v) is 6.39. The highest BCUT2D eigenvalue weighted by Gasteiger charge is 2.44. The number of imidazole rings is 1. The van der Waals surface area contributed by atoms with Gasteiger partial charge in [-0.15, -0.1) is 0 Å². The van der Waals surface area contributed by atoms with Gasteiger partial charge >= 0.3 is 6.18 Å². The van der Waals surface area contributed by atoms with Crippen LogP contribution in [0.4, 0.5) is 24.7 Å². The molecule has 4 atom stereocenters. The third-order valence-electron chi connectivity index (χ3n) is 5.33. The zero-order valence-electron chi connectivity index (χ0n) is 17.7. The van der Waals surface area contributed by atoms with E-state index in [0.717, 1.165) is 18.2 Å². The van der Waals surface area contributed by atoms with Crippen molar-refractivity contribution in [2.45, 2.75) is 30.7 Å². The van der Waals surface area contributed by atoms with Crippen LogP contribution in [0.5, 0.6) is 0 Å². The van der Waals surface area contributed by atoms with Crippen molar-refractivity contribution in [1.29, 1.82) is 0 Å². The van der Waals surface area contributed by atoms with Gasteiger partial charge in [-0.1, -0.05) is 6.07 Å². The number of aliphatic hydroxyl groups excluding tert-OH is 2. The number of fused-ring (bicyclic) bond motifs is 1. The van der Waals surface area contributed by atoms with E-state index in [1.54, 1.807) is 0 Å². The average Bonchev–Trinajstić information content (AvgIpc) is 3.33. The molecule has 0 amide bonds. The molecule has 0 unspecified atom stereocenters. The molecule has 1 aliphatic heterocycles. The van der Waals surface area contributed by atoms with E-state index in [1.807, 2.05) is 0 Å². The number of ether oxygens (including phenoxy) is 1. The number of alkyl halides is 3. The van der Waals surface area contributed by atoms with E-state index in [2.05, 4.69) is 19.7 Å². The van der Waals surface area contributed by atoms with Crippen LogP contribution in [-0.2, 0) is 20.9 Å². The summed E-state index contributed by atoms with van der Waals surface area (Å²) in [5.74, 6) is 0.103. The van der Waals surface area contributed by atoms with E-state index in [1.165, 1.54) is 17.2 Å². The van der Waals surface area contributed by atoms with Crippen LogP contribution in [0.25, 0.3) is 17.2 Å². The summed E-state index contributed by atoms with van der Waals surface area (Å²) in [7, 11) is -4.11. The van der Waals surface area contributed by atoms with E-state index in [9.17, 15) is 31.8 Å². The Morgan fingerprint density at radius 2 is 1.91 bits per heavy atom. The van der Waals surface area contributed by atoms with Gasteiger partial charge in [0.1, 0.15) is 30.2 Å². The van der Waals surface area contributed by atoms with Gasteiger partial charge in [-0.25, -0.2) is 28.1 Å². The van der Waals surface area contributed by atoms with Crippen LogP contribution in [0.2, 0.25) is 0 Å². The fraction of sp³-hybridized carbons (Fsp3) is 0.316. The van der Waals surface area contributed by atoms with Gasteiger partial charge < -0.3 is 26.4 Å². The van der Waals surface area contributed by atoms with Gasteiger partial charge in [0.05, 0.1) is 11.9 Å². The van der Waals surface area contributed by atoms with Gasteiger partial charge in [0.15, 0.2) is 17.7 Å². The second kappa shape index (κ2) is 9.04. The molecule has 1 fully saturated rings. The fourth-order valence-electron chi connectivity index (χ4n) is 3.50. The Morgan fingerprint density at radius 3 is 2.60 bits per heavy atom. The molecule has 3 heterocycles. The Morgan fingerprint density at radius 1 is 1.17 bits per heavy atom. The predicted octanol–water partition coefficient (Wildman–Crippen LogP) is 0.219. The lowest BCUT2D eigenvalue weighted by atomic mass is 10.1. The van der Waals surface area contributed by atoms with E-state index in [4.69, 9.17) is 16.2 Å². The number of benzene rings is 1. The molecule has 35 heavy (non-hydrogen) atoms. The maximum Gasteiger partial charge on any atom is 0.416 e. The second-order valence-corrected chi connectivity index (χ2v) is 9.32. The number of sulfonamides is 1. The van der Waals surface area contributed by atoms with E-state index in [0.29, 0.717) is 11.5 Å². The molecule has 0 spiro atoms. The minimum atomic E-state index is -4.59. The van der Waals surface area contributed by atoms with E-state index < -0.39 is 52.8 Å². The first-order valence-corrected chi connectivity index (χ1v) is 11.5. The second-order valence-electron chi connectivity index (χ2n) is 7.67. The van der Waals surface area contributed by atoms with Crippen molar-refractivity contribution in [2.75, 3.05) is 18.0 Å². The Balaban J connectivity index is 1.44. The molecule has 0 aliphatic carbocycles. The fourth-order valence-corrected chi connectivity index (χ4v) is 4.31. The van der Waals surface area contributed by atoms with Crippen molar-refractivity contribution in [3.05, 3.63) is 47.4 Å². The van der Waals surface area contributed by atoms with Crippen LogP contribution in [0.1, 0.15) is 17.4 Å². The van der Waals surface area contributed by atoms with Crippen LogP contribution in [-0.4, -0.2) is 63.0 Å². The molecule has 7 N–H and O–H groups in total. The summed E-state index contributed by atoms with van der Waals surface area (Å²) in [5.41, 5.74) is 10.7. The highest BCUT2D eigenvalue weighted by Crippen LogP contribution is 2.33. The summed E-state index contributed by atoms with van der Waals surface area (Å²) in [6.07, 6.45) is -6.27. The minimum absolute atomic E-state index is 0.0595. The first-order chi connectivity index (χ1) is 16.4. The molecular weight excluding hydrogens is 495 g/mol. The number of nitrogens with two attached hydrogens (primary N) is 2. The molecule has 1 saturated heterocycles. The van der Waals surface area contributed by atoms with Gasteiger partial charge in [-0.05, 0) is 23.8 Å². The number of hydrogen-bond donors (Lipinski definition) is 5. The SMILES string of the molecule is Nc1cc(C(F)(F)F)ccc1/C=C/S(=O)(=O)NC[C@H]1O[C@@H](n2cnc3c(N)ncnc32)[C@H](O)[C@@H]1O. The summed E-state index contributed by atoms with van der Waals surface area (Å²) >= 11 is 0. The Hall–Kier alpha value is -3.31. The number of nitrogens with zero attached hydrogens (tertiary/aromatic N) is 4. The van der Waals surface area contributed by atoms with Crippen LogP contribution in [0, 0.1) is 0 Å². The lowest BCUT2D eigenvalue weighted by Crippen LogP contribution is -2.39. The Labute approximate surface area is 196 Å². The standard InChI is InChI=1S/C19H20F3N7O5S/c20-19(21,22)10-2-1-9(11(23)5-10)3-4-35(32,33)28-6-12-14(30)15(31)18(34-12)29-8-27-13-16(24)25-7-26-17(13)29/h1-5,7-8,12,14-15,18,28,30-31H,6,23H2,(H2,24,25,26)/b4-3+/t12-,14-,15-,18-/m1/s1. The minimum Gasteiger partial charge on any atom is -0.398 e. The normalized spacial score (nSPS) is 23.5. The van der Waals surface area contributed by atoms with Gasteiger partial charge in [-0.3, -0.25) is 4.57 Å². The number of rotatable bonds is 6. The van der Waals surface area contributed by atoms with Gasteiger partial charge in [0, 0.05) is 17.6 Å². The van der Waals surface area contributed by atoms with Crippen molar-refractivity contribution >= 4 is 38.8 Å². The van der Waals surface area contributed by atoms with Crippen LogP contribution in [0.15, 0.2) is 36.3 Å². The van der Waals surface area contributed by atoms with E-state index >= 15 is 0 Å². The number of anilines is 2. The lowest BCUT2D eigenvalue weighted by Gasteiger charge is -2.16. The molecule has 3 aromatic rings. The summed E-state index contributed by atoms with van der Waals surface area (Å²) in [4.78, 5) is 11.9. The van der Waals surface area contributed by atoms with Crippen molar-refractivity contribution in [1.82, 2.24) is 24.2 Å². The molecule has 188 valence electrons. The molecule has 0 saturated carbocycles. The first kappa shape index (κ1) is 24.8. The molecule has 0 bridgehead atoms. The van der Waals surface area contributed by atoms with Crippen molar-refractivity contribution < 1.29 is 36.5 Å². The zero-order valence-corrected chi connectivity index (χ0v) is 18.5. The van der Waals surface area contributed by atoms with Gasteiger partial charge in [-0.2, -0.15) is 13.2 Å². The van der Waals surface area contributed by atoms with E-state index in [-0.39, 0.29) is 28.2 Å². The van der Waals surface area contributed by atoms with Crippen molar-refractivity contribution in [3.8, 4) is 0 Å². The summed E-state index contributed by atoms with van der Waals surface area (Å²) < 4.78 is 72.1. The predicted molar refractivity (Wildman–Crippen MR) is 117 cm³/mol. The Bertz CT molecular complexity index is 1380. The van der Waals surface area contributed by atoms with Crippen LogP contribution in [0.3, 0.4) is 0 Å². The van der Waals surface area contributed by atoms with Crippen molar-refractivity contribution in [2.24, 2.45) is 0 Å². The molecule has 1 aliphatic rings. The summed E-state index contributed by atoms with van der Waals surface area (Å²) in [6.45, 7) is -0.423. The smallest absolute Gasteiger partial charge is 0.398 e. The molecule has 12 nitrogen and oxygen atoms in total. The number of nitrogen functional groups attached to an aromatic ring is 2. The molecule has 4 rings (SSSR count). The average molecular weight is 515 g/mol. The third kappa shape index (κ3) is 5.06. The molecule has 16 heteroatoms. The lowest BCUT2D eigenvalue weighted by molar-refractivity contribution is -0.137.